The Morgan fingerprint density at radius 2 is 2.07 bits per heavy atom. The SMILES string of the molecule is Cc1ccc(Cl)cc1N1CCC(CNC(=O)Cc2c(C)nn(CC(C)C)c2C)C1. The first-order chi connectivity index (χ1) is 13.7. The van der Waals surface area contributed by atoms with Gasteiger partial charge >= 0.3 is 0 Å². The Kier molecular flexibility index (Phi) is 6.89. The van der Waals surface area contributed by atoms with Crippen molar-refractivity contribution in [3.8, 4) is 0 Å². The molecular weight excluding hydrogens is 384 g/mol. The summed E-state index contributed by atoms with van der Waals surface area (Å²) < 4.78 is 2.03. The summed E-state index contributed by atoms with van der Waals surface area (Å²) in [4.78, 5) is 15.0. The highest BCUT2D eigenvalue weighted by Crippen LogP contribution is 2.29. The summed E-state index contributed by atoms with van der Waals surface area (Å²) in [6, 6.07) is 6.04. The van der Waals surface area contributed by atoms with Crippen LogP contribution in [0.3, 0.4) is 0 Å². The van der Waals surface area contributed by atoms with E-state index >= 15 is 0 Å². The molecule has 1 unspecified atom stereocenters. The van der Waals surface area contributed by atoms with Gasteiger partial charge in [-0.2, -0.15) is 5.10 Å². The molecule has 3 rings (SSSR count). The molecule has 0 saturated carbocycles. The van der Waals surface area contributed by atoms with E-state index < -0.39 is 0 Å². The molecule has 29 heavy (non-hydrogen) atoms. The Balaban J connectivity index is 1.53. The number of rotatable bonds is 7. The van der Waals surface area contributed by atoms with Gasteiger partial charge in [0.05, 0.1) is 12.1 Å². The van der Waals surface area contributed by atoms with Crippen LogP contribution in [-0.4, -0.2) is 35.3 Å². The van der Waals surface area contributed by atoms with Gasteiger partial charge in [0.15, 0.2) is 0 Å². The maximum atomic E-state index is 12.6. The molecule has 1 N–H and O–H groups in total. The first-order valence-electron chi connectivity index (χ1n) is 10.5. The number of aromatic nitrogens is 2. The summed E-state index contributed by atoms with van der Waals surface area (Å²) in [5, 5.41) is 8.54. The second-order valence-corrected chi connectivity index (χ2v) is 9.17. The summed E-state index contributed by atoms with van der Waals surface area (Å²) in [7, 11) is 0. The van der Waals surface area contributed by atoms with Gasteiger partial charge in [0, 0.05) is 48.1 Å². The number of aryl methyl sites for hydroxylation is 2. The Bertz CT molecular complexity index is 874. The number of anilines is 1. The fourth-order valence-electron chi connectivity index (χ4n) is 4.14. The quantitative estimate of drug-likeness (QED) is 0.731. The van der Waals surface area contributed by atoms with Crippen LogP contribution in [0.25, 0.3) is 0 Å². The average Bonchev–Trinajstić information content (AvgIpc) is 3.22. The van der Waals surface area contributed by atoms with Crippen LogP contribution in [0.1, 0.15) is 42.8 Å². The van der Waals surface area contributed by atoms with Crippen molar-refractivity contribution in [2.45, 2.75) is 54.0 Å². The van der Waals surface area contributed by atoms with Crippen molar-refractivity contribution >= 4 is 23.2 Å². The lowest BCUT2D eigenvalue weighted by Gasteiger charge is -2.21. The molecule has 1 aromatic carbocycles. The molecule has 2 aromatic rings. The second-order valence-electron chi connectivity index (χ2n) is 8.74. The van der Waals surface area contributed by atoms with Crippen molar-refractivity contribution in [2.75, 3.05) is 24.5 Å². The molecule has 0 aliphatic carbocycles. The molecular formula is C23H33ClN4O. The third-order valence-electron chi connectivity index (χ3n) is 5.79. The van der Waals surface area contributed by atoms with Crippen molar-refractivity contribution in [2.24, 2.45) is 11.8 Å². The number of carbonyl (C=O) groups excluding carboxylic acids is 1. The Morgan fingerprint density at radius 3 is 2.79 bits per heavy atom. The molecule has 1 atom stereocenters. The van der Waals surface area contributed by atoms with Crippen LogP contribution in [0.4, 0.5) is 5.69 Å². The van der Waals surface area contributed by atoms with Gasteiger partial charge in [-0.05, 0) is 56.7 Å². The fraction of sp³-hybridized carbons (Fsp3) is 0.565. The lowest BCUT2D eigenvalue weighted by atomic mass is 10.1. The number of benzene rings is 1. The zero-order valence-corrected chi connectivity index (χ0v) is 19.0. The number of amides is 1. The zero-order chi connectivity index (χ0) is 21.1. The van der Waals surface area contributed by atoms with Crippen molar-refractivity contribution < 1.29 is 4.79 Å². The van der Waals surface area contributed by atoms with Crippen molar-refractivity contribution in [1.82, 2.24) is 15.1 Å². The van der Waals surface area contributed by atoms with Crippen LogP contribution in [-0.2, 0) is 17.8 Å². The van der Waals surface area contributed by atoms with Gasteiger partial charge in [0.25, 0.3) is 0 Å². The summed E-state index contributed by atoms with van der Waals surface area (Å²) in [5.74, 6) is 1.07. The number of hydrogen-bond donors (Lipinski definition) is 1. The summed E-state index contributed by atoms with van der Waals surface area (Å²) in [6.45, 7) is 14.1. The minimum Gasteiger partial charge on any atom is -0.371 e. The summed E-state index contributed by atoms with van der Waals surface area (Å²) in [5.41, 5.74) is 5.57. The predicted octanol–water partition coefficient (Wildman–Crippen LogP) is 4.30. The van der Waals surface area contributed by atoms with E-state index in [-0.39, 0.29) is 5.91 Å². The molecule has 1 fully saturated rings. The van der Waals surface area contributed by atoms with E-state index in [4.69, 9.17) is 11.6 Å². The minimum absolute atomic E-state index is 0.0812. The van der Waals surface area contributed by atoms with E-state index in [2.05, 4.69) is 49.1 Å². The molecule has 0 radical (unpaired) electrons. The zero-order valence-electron chi connectivity index (χ0n) is 18.3. The van der Waals surface area contributed by atoms with E-state index in [9.17, 15) is 4.79 Å². The van der Waals surface area contributed by atoms with Crippen molar-refractivity contribution in [3.63, 3.8) is 0 Å². The number of halogens is 1. The van der Waals surface area contributed by atoms with Gasteiger partial charge < -0.3 is 10.2 Å². The van der Waals surface area contributed by atoms with Crippen molar-refractivity contribution in [3.05, 3.63) is 45.7 Å². The van der Waals surface area contributed by atoms with Crippen LogP contribution in [0.2, 0.25) is 5.02 Å². The lowest BCUT2D eigenvalue weighted by molar-refractivity contribution is -0.120. The van der Waals surface area contributed by atoms with Gasteiger partial charge in [-0.15, -0.1) is 0 Å². The third-order valence-corrected chi connectivity index (χ3v) is 6.03. The van der Waals surface area contributed by atoms with E-state index in [0.29, 0.717) is 24.8 Å². The highest BCUT2D eigenvalue weighted by atomic mass is 35.5. The van der Waals surface area contributed by atoms with Crippen LogP contribution < -0.4 is 10.2 Å². The van der Waals surface area contributed by atoms with Gasteiger partial charge in [-0.3, -0.25) is 9.48 Å². The average molecular weight is 417 g/mol. The summed E-state index contributed by atoms with van der Waals surface area (Å²) >= 11 is 6.18. The van der Waals surface area contributed by atoms with Crippen LogP contribution in [0.5, 0.6) is 0 Å². The predicted molar refractivity (Wildman–Crippen MR) is 120 cm³/mol. The molecule has 1 aliphatic rings. The first kappa shape index (κ1) is 21.7. The highest BCUT2D eigenvalue weighted by Gasteiger charge is 2.24. The minimum atomic E-state index is 0.0812. The molecule has 1 saturated heterocycles. The molecule has 2 heterocycles. The van der Waals surface area contributed by atoms with E-state index in [1.165, 1.54) is 11.3 Å². The molecule has 0 bridgehead atoms. The normalized spacial score (nSPS) is 16.7. The largest absolute Gasteiger partial charge is 0.371 e. The van der Waals surface area contributed by atoms with Gasteiger partial charge in [-0.1, -0.05) is 31.5 Å². The Morgan fingerprint density at radius 1 is 1.31 bits per heavy atom. The molecule has 158 valence electrons. The molecule has 5 nitrogen and oxygen atoms in total. The smallest absolute Gasteiger partial charge is 0.224 e. The maximum absolute atomic E-state index is 12.6. The van der Waals surface area contributed by atoms with Gasteiger partial charge in [0.1, 0.15) is 0 Å². The molecule has 1 amide bonds. The molecule has 0 spiro atoms. The number of nitrogens with zero attached hydrogens (tertiary/aromatic N) is 3. The fourth-order valence-corrected chi connectivity index (χ4v) is 4.30. The van der Waals surface area contributed by atoms with Gasteiger partial charge in [-0.25, -0.2) is 0 Å². The molecule has 6 heteroatoms. The standard InChI is InChI=1S/C23H33ClN4O/c1-15(2)13-28-18(5)21(17(4)26-28)11-23(29)25-12-19-8-9-27(14-19)22-10-20(24)7-6-16(22)3/h6-7,10,15,19H,8-9,11-14H2,1-5H3,(H,25,29). The van der Waals surface area contributed by atoms with Crippen LogP contribution >= 0.6 is 11.6 Å². The Labute approximate surface area is 179 Å². The number of nitrogens with one attached hydrogen (secondary N) is 1. The molecule has 1 aliphatic heterocycles. The highest BCUT2D eigenvalue weighted by molar-refractivity contribution is 6.30. The number of carbonyl (C=O) groups is 1. The first-order valence-corrected chi connectivity index (χ1v) is 10.9. The van der Waals surface area contributed by atoms with Crippen LogP contribution in [0.15, 0.2) is 18.2 Å². The molecule has 1 aromatic heterocycles. The van der Waals surface area contributed by atoms with Gasteiger partial charge in [0.2, 0.25) is 5.91 Å². The van der Waals surface area contributed by atoms with E-state index in [0.717, 1.165) is 48.0 Å². The number of hydrogen-bond acceptors (Lipinski definition) is 3. The topological polar surface area (TPSA) is 50.2 Å². The van der Waals surface area contributed by atoms with E-state index in [1.807, 2.05) is 23.7 Å². The summed E-state index contributed by atoms with van der Waals surface area (Å²) in [6.07, 6.45) is 1.48. The second kappa shape index (κ2) is 9.21. The third kappa shape index (κ3) is 5.33. The monoisotopic (exact) mass is 416 g/mol. The Hall–Kier alpha value is -2.01. The van der Waals surface area contributed by atoms with Crippen LogP contribution in [0, 0.1) is 32.6 Å². The lowest BCUT2D eigenvalue weighted by Crippen LogP contribution is -2.32. The maximum Gasteiger partial charge on any atom is 0.224 e. The van der Waals surface area contributed by atoms with E-state index in [1.54, 1.807) is 0 Å². The van der Waals surface area contributed by atoms with Crippen molar-refractivity contribution in [1.29, 1.82) is 0 Å².